The van der Waals surface area contributed by atoms with Crippen LogP contribution in [0.3, 0.4) is 0 Å². The zero-order valence-corrected chi connectivity index (χ0v) is 16.7. The molecule has 0 fully saturated rings. The van der Waals surface area contributed by atoms with Crippen LogP contribution in [0.4, 0.5) is 0 Å². The Labute approximate surface area is 175 Å². The topological polar surface area (TPSA) is 114 Å². The second-order valence-electron chi connectivity index (χ2n) is 6.07. The summed E-state index contributed by atoms with van der Waals surface area (Å²) in [6.07, 6.45) is 0. The lowest BCUT2D eigenvalue weighted by Gasteiger charge is -2.06. The molecule has 0 saturated carbocycles. The molecule has 3 aromatic rings. The summed E-state index contributed by atoms with van der Waals surface area (Å²) in [6.45, 7) is 0.0676. The third-order valence-electron chi connectivity index (χ3n) is 3.92. The summed E-state index contributed by atoms with van der Waals surface area (Å²) in [5.41, 5.74) is 7.44. The number of hydrogen-bond donors (Lipinski definition) is 3. The average molecular weight is 429 g/mol. The Bertz CT molecular complexity index is 1030. The van der Waals surface area contributed by atoms with Crippen LogP contribution in [0.15, 0.2) is 53.9 Å². The summed E-state index contributed by atoms with van der Waals surface area (Å²) in [7, 11) is 0. The van der Waals surface area contributed by atoms with Crippen molar-refractivity contribution in [3.05, 3.63) is 75.8 Å². The number of nitrogens with one attached hydrogen (secondary N) is 2. The first-order valence-corrected chi connectivity index (χ1v) is 9.83. The normalized spacial score (nSPS) is 10.4. The lowest BCUT2D eigenvalue weighted by atomic mass is 10.1. The molecule has 0 aliphatic heterocycles. The third kappa shape index (κ3) is 5.63. The number of thiazole rings is 1. The van der Waals surface area contributed by atoms with Gasteiger partial charge in [0.15, 0.2) is 0 Å². The first kappa shape index (κ1) is 20.5. The zero-order valence-electron chi connectivity index (χ0n) is 15.1. The number of carbonyl (C=O) groups is 3. The molecule has 1 heterocycles. The van der Waals surface area contributed by atoms with Crippen molar-refractivity contribution in [2.24, 2.45) is 5.73 Å². The Morgan fingerprint density at radius 3 is 2.31 bits per heavy atom. The van der Waals surface area contributed by atoms with E-state index in [0.29, 0.717) is 16.3 Å². The first-order valence-electron chi connectivity index (χ1n) is 8.57. The Kier molecular flexibility index (Phi) is 6.58. The van der Waals surface area contributed by atoms with Crippen molar-refractivity contribution in [3.63, 3.8) is 0 Å². The minimum atomic E-state index is -0.612. The molecule has 9 heteroatoms. The molecule has 0 spiro atoms. The lowest BCUT2D eigenvalue weighted by molar-refractivity contribution is -0.117. The molecule has 7 nitrogen and oxygen atoms in total. The number of benzene rings is 2. The van der Waals surface area contributed by atoms with Crippen molar-refractivity contribution in [1.29, 1.82) is 0 Å². The summed E-state index contributed by atoms with van der Waals surface area (Å²) >= 11 is 7.27. The van der Waals surface area contributed by atoms with Gasteiger partial charge in [-0.25, -0.2) is 4.98 Å². The number of nitrogens with two attached hydrogens (primary N) is 1. The van der Waals surface area contributed by atoms with Gasteiger partial charge in [0.05, 0.1) is 6.54 Å². The van der Waals surface area contributed by atoms with Gasteiger partial charge in [-0.15, -0.1) is 11.3 Å². The van der Waals surface area contributed by atoms with Gasteiger partial charge in [-0.1, -0.05) is 35.9 Å². The average Bonchev–Trinajstić information content (AvgIpc) is 3.21. The highest BCUT2D eigenvalue weighted by molar-refractivity contribution is 7.13. The van der Waals surface area contributed by atoms with Crippen LogP contribution in [-0.4, -0.2) is 29.3 Å². The molecule has 3 amide bonds. The molecule has 2 aromatic carbocycles. The monoisotopic (exact) mass is 428 g/mol. The molecule has 0 aliphatic rings. The Balaban J connectivity index is 1.56. The van der Waals surface area contributed by atoms with Crippen LogP contribution in [0.2, 0.25) is 5.02 Å². The predicted molar refractivity (Wildman–Crippen MR) is 112 cm³/mol. The maximum atomic E-state index is 12.3. The van der Waals surface area contributed by atoms with Crippen molar-refractivity contribution >= 4 is 40.7 Å². The van der Waals surface area contributed by atoms with E-state index in [1.54, 1.807) is 41.8 Å². The largest absolute Gasteiger partial charge is 0.368 e. The molecular weight excluding hydrogens is 412 g/mol. The lowest BCUT2D eigenvalue weighted by Crippen LogP contribution is -2.33. The van der Waals surface area contributed by atoms with Gasteiger partial charge in [0.2, 0.25) is 5.91 Å². The van der Waals surface area contributed by atoms with E-state index in [1.165, 1.54) is 11.3 Å². The smallest absolute Gasteiger partial charge is 0.271 e. The van der Waals surface area contributed by atoms with Gasteiger partial charge in [0.25, 0.3) is 11.8 Å². The number of nitrogens with zero attached hydrogens (tertiary/aromatic N) is 1. The van der Waals surface area contributed by atoms with Gasteiger partial charge in [-0.2, -0.15) is 0 Å². The highest BCUT2D eigenvalue weighted by Gasteiger charge is 2.12. The molecule has 0 bridgehead atoms. The molecule has 148 valence electrons. The van der Waals surface area contributed by atoms with Gasteiger partial charge < -0.3 is 16.4 Å². The van der Waals surface area contributed by atoms with E-state index in [2.05, 4.69) is 15.6 Å². The van der Waals surface area contributed by atoms with Crippen LogP contribution in [0.25, 0.3) is 10.6 Å². The second-order valence-corrected chi connectivity index (χ2v) is 7.37. The van der Waals surface area contributed by atoms with Gasteiger partial charge in [0.1, 0.15) is 10.7 Å². The number of amides is 3. The number of rotatable bonds is 7. The van der Waals surface area contributed by atoms with Crippen LogP contribution in [0.5, 0.6) is 0 Å². The standard InChI is InChI=1S/C20H17ClN4O3S/c21-15-7-5-14(6-8-15)20-25-16(11-29-20)19(28)23-9-12-1-3-13(4-2-12)18(27)24-10-17(22)26/h1-8,11H,9-10H2,(H2,22,26)(H,23,28)(H,24,27). The molecule has 0 unspecified atom stereocenters. The molecule has 0 radical (unpaired) electrons. The highest BCUT2D eigenvalue weighted by atomic mass is 35.5. The molecular formula is C20H17ClN4O3S. The van der Waals surface area contributed by atoms with E-state index in [1.807, 2.05) is 12.1 Å². The van der Waals surface area contributed by atoms with E-state index in [4.69, 9.17) is 17.3 Å². The van der Waals surface area contributed by atoms with E-state index in [9.17, 15) is 14.4 Å². The SMILES string of the molecule is NC(=O)CNC(=O)c1ccc(CNC(=O)c2csc(-c3ccc(Cl)cc3)n2)cc1. The third-order valence-corrected chi connectivity index (χ3v) is 5.06. The number of primary amides is 1. The quantitative estimate of drug-likeness (QED) is 0.536. The van der Waals surface area contributed by atoms with Crippen LogP contribution in [-0.2, 0) is 11.3 Å². The summed E-state index contributed by atoms with van der Waals surface area (Å²) in [4.78, 5) is 39.3. The molecule has 0 aliphatic carbocycles. The number of hydrogen-bond acceptors (Lipinski definition) is 5. The molecule has 1 aromatic heterocycles. The fourth-order valence-corrected chi connectivity index (χ4v) is 3.35. The molecule has 0 saturated heterocycles. The molecule has 0 atom stereocenters. The minimum absolute atomic E-state index is 0.220. The number of halogens is 1. The van der Waals surface area contributed by atoms with Crippen LogP contribution in [0.1, 0.15) is 26.4 Å². The summed E-state index contributed by atoms with van der Waals surface area (Å²) in [5.74, 6) is -1.29. The fraction of sp³-hybridized carbons (Fsp3) is 0.100. The first-order chi connectivity index (χ1) is 13.9. The van der Waals surface area contributed by atoms with E-state index < -0.39 is 11.8 Å². The number of carbonyl (C=O) groups excluding carboxylic acids is 3. The highest BCUT2D eigenvalue weighted by Crippen LogP contribution is 2.25. The van der Waals surface area contributed by atoms with Crippen molar-refractivity contribution in [2.45, 2.75) is 6.54 Å². The Morgan fingerprint density at radius 1 is 0.966 bits per heavy atom. The zero-order chi connectivity index (χ0) is 20.8. The van der Waals surface area contributed by atoms with E-state index in [-0.39, 0.29) is 19.0 Å². The molecule has 3 rings (SSSR count). The van der Waals surface area contributed by atoms with Crippen molar-refractivity contribution in [1.82, 2.24) is 15.6 Å². The van der Waals surface area contributed by atoms with Crippen molar-refractivity contribution in [3.8, 4) is 10.6 Å². The summed E-state index contributed by atoms with van der Waals surface area (Å²) < 4.78 is 0. The van der Waals surface area contributed by atoms with Crippen LogP contribution >= 0.6 is 22.9 Å². The molecule has 4 N–H and O–H groups in total. The van der Waals surface area contributed by atoms with E-state index in [0.717, 1.165) is 16.1 Å². The maximum absolute atomic E-state index is 12.3. The Hall–Kier alpha value is -3.23. The van der Waals surface area contributed by atoms with E-state index >= 15 is 0 Å². The van der Waals surface area contributed by atoms with Crippen LogP contribution < -0.4 is 16.4 Å². The van der Waals surface area contributed by atoms with Gasteiger partial charge in [-0.3, -0.25) is 14.4 Å². The second kappa shape index (κ2) is 9.31. The maximum Gasteiger partial charge on any atom is 0.271 e. The summed E-state index contributed by atoms with van der Waals surface area (Å²) in [5, 5.41) is 8.28. The summed E-state index contributed by atoms with van der Waals surface area (Å²) in [6, 6.07) is 13.9. The predicted octanol–water partition coefficient (Wildman–Crippen LogP) is 2.61. The van der Waals surface area contributed by atoms with Gasteiger partial charge >= 0.3 is 0 Å². The fourth-order valence-electron chi connectivity index (χ4n) is 2.42. The number of aromatic nitrogens is 1. The van der Waals surface area contributed by atoms with Gasteiger partial charge in [-0.05, 0) is 29.8 Å². The van der Waals surface area contributed by atoms with Crippen molar-refractivity contribution in [2.75, 3.05) is 6.54 Å². The van der Waals surface area contributed by atoms with Crippen LogP contribution in [0, 0.1) is 0 Å². The Morgan fingerprint density at radius 2 is 1.66 bits per heavy atom. The minimum Gasteiger partial charge on any atom is -0.368 e. The molecule has 29 heavy (non-hydrogen) atoms. The van der Waals surface area contributed by atoms with Crippen molar-refractivity contribution < 1.29 is 14.4 Å². The van der Waals surface area contributed by atoms with Gasteiger partial charge in [0, 0.05) is 28.1 Å².